The highest BCUT2D eigenvalue weighted by Crippen LogP contribution is 2.29. The van der Waals surface area contributed by atoms with Crippen molar-refractivity contribution in [2.45, 2.75) is 39.5 Å². The summed E-state index contributed by atoms with van der Waals surface area (Å²) in [7, 11) is 1.63. The van der Waals surface area contributed by atoms with E-state index in [9.17, 15) is 9.90 Å². The van der Waals surface area contributed by atoms with E-state index in [1.807, 2.05) is 73.4 Å². The molecule has 4 rings (SSSR count). The summed E-state index contributed by atoms with van der Waals surface area (Å²) in [5.74, 6) is 1.95. The molecular weight excluding hydrogens is 484 g/mol. The SMILES string of the molecule is COc1cc(CN2CCN(C(C)=O)C[C@](O)(COc3ccc(C)cc3)C2)ccc1OCCn1cc(C)cn1. The third kappa shape index (κ3) is 7.49. The van der Waals surface area contributed by atoms with Crippen molar-refractivity contribution in [1.82, 2.24) is 19.6 Å². The Bertz CT molecular complexity index is 1210. The van der Waals surface area contributed by atoms with Gasteiger partial charge >= 0.3 is 0 Å². The molecule has 0 unspecified atom stereocenters. The summed E-state index contributed by atoms with van der Waals surface area (Å²) in [6.07, 6.45) is 3.80. The molecule has 9 nitrogen and oxygen atoms in total. The minimum Gasteiger partial charge on any atom is -0.493 e. The Morgan fingerprint density at radius 3 is 2.50 bits per heavy atom. The summed E-state index contributed by atoms with van der Waals surface area (Å²) in [6, 6.07) is 13.6. The molecule has 2 heterocycles. The van der Waals surface area contributed by atoms with E-state index in [1.165, 1.54) is 6.92 Å². The highest BCUT2D eigenvalue weighted by Gasteiger charge is 2.37. The van der Waals surface area contributed by atoms with Gasteiger partial charge in [0.05, 0.1) is 26.4 Å². The summed E-state index contributed by atoms with van der Waals surface area (Å²) in [6.45, 7) is 9.10. The summed E-state index contributed by atoms with van der Waals surface area (Å²) in [4.78, 5) is 16.1. The minimum absolute atomic E-state index is 0.0611. The zero-order valence-corrected chi connectivity index (χ0v) is 22.7. The number of aromatic nitrogens is 2. The van der Waals surface area contributed by atoms with Gasteiger partial charge in [-0.3, -0.25) is 14.4 Å². The first-order valence-electron chi connectivity index (χ1n) is 12.9. The fraction of sp³-hybridized carbons (Fsp3) is 0.448. The number of rotatable bonds is 10. The second kappa shape index (κ2) is 12.3. The smallest absolute Gasteiger partial charge is 0.219 e. The van der Waals surface area contributed by atoms with Crippen LogP contribution >= 0.6 is 0 Å². The van der Waals surface area contributed by atoms with Crippen LogP contribution in [0.15, 0.2) is 54.9 Å². The molecule has 9 heteroatoms. The lowest BCUT2D eigenvalue weighted by Crippen LogP contribution is -2.51. The number of carbonyl (C=O) groups is 1. The Kier molecular flexibility index (Phi) is 8.91. The topological polar surface area (TPSA) is 89.3 Å². The molecule has 1 aromatic heterocycles. The quantitative estimate of drug-likeness (QED) is 0.438. The molecule has 204 valence electrons. The first kappa shape index (κ1) is 27.5. The summed E-state index contributed by atoms with van der Waals surface area (Å²) in [5, 5.41) is 15.8. The lowest BCUT2D eigenvalue weighted by Gasteiger charge is -2.32. The Labute approximate surface area is 224 Å². The van der Waals surface area contributed by atoms with Gasteiger partial charge in [0.1, 0.15) is 24.6 Å². The number of β-amino-alcohol motifs (C(OH)–C–C–N with tert-alkyl or cyclic N) is 1. The fourth-order valence-electron chi connectivity index (χ4n) is 4.62. The Morgan fingerprint density at radius 1 is 1.03 bits per heavy atom. The highest BCUT2D eigenvalue weighted by atomic mass is 16.5. The van der Waals surface area contributed by atoms with Crippen LogP contribution in [0.1, 0.15) is 23.6 Å². The van der Waals surface area contributed by atoms with Crippen LogP contribution in [0.4, 0.5) is 0 Å². The first-order chi connectivity index (χ1) is 18.2. The maximum absolute atomic E-state index is 12.2. The van der Waals surface area contributed by atoms with E-state index in [2.05, 4.69) is 10.00 Å². The number of ether oxygens (including phenoxy) is 3. The van der Waals surface area contributed by atoms with Crippen molar-refractivity contribution >= 4 is 5.91 Å². The number of aryl methyl sites for hydroxylation is 2. The standard InChI is InChI=1S/C29H38N4O5/c1-22-5-8-26(9-6-22)38-21-29(35)19-31(11-12-32(20-29)24(3)34)18-25-7-10-27(28(15-25)36-4)37-14-13-33-17-23(2)16-30-33/h5-10,15-17,35H,11-14,18-21H2,1-4H3/t29-/m0/s1. The molecule has 1 amide bonds. The van der Waals surface area contributed by atoms with Gasteiger partial charge in [-0.05, 0) is 49.2 Å². The number of hydrogen-bond donors (Lipinski definition) is 1. The van der Waals surface area contributed by atoms with Crippen LogP contribution in [0.5, 0.6) is 17.2 Å². The number of nitrogens with zero attached hydrogens (tertiary/aromatic N) is 4. The number of amides is 1. The molecule has 38 heavy (non-hydrogen) atoms. The van der Waals surface area contributed by atoms with Crippen LogP contribution in [-0.2, 0) is 17.9 Å². The van der Waals surface area contributed by atoms with E-state index in [0.717, 1.165) is 16.7 Å². The van der Waals surface area contributed by atoms with Crippen LogP contribution in [0.3, 0.4) is 0 Å². The molecule has 1 aliphatic rings. The van der Waals surface area contributed by atoms with Crippen LogP contribution in [0.25, 0.3) is 0 Å². The highest BCUT2D eigenvalue weighted by molar-refractivity contribution is 5.73. The molecule has 0 radical (unpaired) electrons. The van der Waals surface area contributed by atoms with Crippen molar-refractivity contribution in [2.75, 3.05) is 46.5 Å². The average Bonchev–Trinajstić information content (AvgIpc) is 3.23. The molecular formula is C29H38N4O5. The number of aliphatic hydroxyl groups is 1. The number of benzene rings is 2. The largest absolute Gasteiger partial charge is 0.493 e. The van der Waals surface area contributed by atoms with Crippen LogP contribution in [0, 0.1) is 13.8 Å². The maximum atomic E-state index is 12.2. The van der Waals surface area contributed by atoms with Gasteiger partial charge in [0, 0.05) is 39.3 Å². The number of carbonyl (C=O) groups excluding carboxylic acids is 1. The van der Waals surface area contributed by atoms with Crippen LogP contribution < -0.4 is 14.2 Å². The zero-order chi connectivity index (χ0) is 27.1. The Morgan fingerprint density at radius 2 is 1.82 bits per heavy atom. The number of methoxy groups -OCH3 is 1. The lowest BCUT2D eigenvalue weighted by molar-refractivity contribution is -0.132. The van der Waals surface area contributed by atoms with Crippen LogP contribution in [0.2, 0.25) is 0 Å². The predicted octanol–water partition coefficient (Wildman–Crippen LogP) is 3.06. The first-order valence-corrected chi connectivity index (χ1v) is 12.9. The monoisotopic (exact) mass is 522 g/mol. The second-order valence-electron chi connectivity index (χ2n) is 10.1. The minimum atomic E-state index is -1.22. The molecule has 0 spiro atoms. The van der Waals surface area contributed by atoms with Gasteiger partial charge in [0.25, 0.3) is 0 Å². The van der Waals surface area contributed by atoms with Gasteiger partial charge in [0.15, 0.2) is 11.5 Å². The van der Waals surface area contributed by atoms with Crippen LogP contribution in [-0.4, -0.2) is 82.7 Å². The van der Waals surface area contributed by atoms with Gasteiger partial charge in [0.2, 0.25) is 5.91 Å². The fourth-order valence-corrected chi connectivity index (χ4v) is 4.62. The van der Waals surface area contributed by atoms with E-state index >= 15 is 0 Å². The summed E-state index contributed by atoms with van der Waals surface area (Å²) < 4.78 is 19.4. The van der Waals surface area contributed by atoms with Gasteiger partial charge in [-0.1, -0.05) is 23.8 Å². The van der Waals surface area contributed by atoms with E-state index in [0.29, 0.717) is 56.6 Å². The molecule has 0 saturated carbocycles. The van der Waals surface area contributed by atoms with Crippen molar-refractivity contribution in [3.05, 3.63) is 71.5 Å². The second-order valence-corrected chi connectivity index (χ2v) is 10.1. The van der Waals surface area contributed by atoms with Gasteiger partial charge < -0.3 is 24.2 Å². The van der Waals surface area contributed by atoms with Crippen molar-refractivity contribution in [1.29, 1.82) is 0 Å². The molecule has 1 N–H and O–H groups in total. The van der Waals surface area contributed by atoms with Crippen molar-refractivity contribution in [2.24, 2.45) is 0 Å². The maximum Gasteiger partial charge on any atom is 0.219 e. The zero-order valence-electron chi connectivity index (χ0n) is 22.7. The van der Waals surface area contributed by atoms with E-state index in [1.54, 1.807) is 12.0 Å². The van der Waals surface area contributed by atoms with E-state index in [-0.39, 0.29) is 19.1 Å². The lowest BCUT2D eigenvalue weighted by atomic mass is 10.0. The average molecular weight is 523 g/mol. The molecule has 1 atom stereocenters. The van der Waals surface area contributed by atoms with Crippen molar-refractivity contribution in [3.63, 3.8) is 0 Å². The molecule has 1 aliphatic heterocycles. The third-order valence-corrected chi connectivity index (χ3v) is 6.64. The molecule has 1 saturated heterocycles. The van der Waals surface area contributed by atoms with Crippen molar-refractivity contribution in [3.8, 4) is 17.2 Å². The summed E-state index contributed by atoms with van der Waals surface area (Å²) in [5.41, 5.74) is 2.06. The Balaban J connectivity index is 1.41. The Hall–Kier alpha value is -3.56. The normalized spacial score (nSPS) is 18.2. The van der Waals surface area contributed by atoms with Gasteiger partial charge in [-0.25, -0.2) is 0 Å². The molecule has 1 fully saturated rings. The molecule has 0 aliphatic carbocycles. The van der Waals surface area contributed by atoms with Crippen molar-refractivity contribution < 1.29 is 24.1 Å². The van der Waals surface area contributed by atoms with E-state index < -0.39 is 5.60 Å². The van der Waals surface area contributed by atoms with E-state index in [4.69, 9.17) is 14.2 Å². The van der Waals surface area contributed by atoms with Gasteiger partial charge in [-0.2, -0.15) is 5.10 Å². The predicted molar refractivity (Wildman–Crippen MR) is 145 cm³/mol. The third-order valence-electron chi connectivity index (χ3n) is 6.64. The number of hydrogen-bond acceptors (Lipinski definition) is 7. The molecule has 3 aromatic rings. The summed E-state index contributed by atoms with van der Waals surface area (Å²) >= 11 is 0. The molecule has 2 aromatic carbocycles. The molecule has 0 bridgehead atoms. The van der Waals surface area contributed by atoms with Gasteiger partial charge in [-0.15, -0.1) is 0 Å².